The standard InChI is InChI=1S/C26H29F2N5O2/c1-5-7-15-33(20-13-11-18(12-14-20)30-23(34)6-2)24-22(26(3,27)28)17-29-25(32-24)31-19-9-8-10-21(16-19)35-4/h6,8-14,16-17H,2,5,7,15H2,1,3-4H3,(H,30,34)(H,29,31,32). The first-order chi connectivity index (χ1) is 16.7. The fourth-order valence-electron chi connectivity index (χ4n) is 3.37. The Labute approximate surface area is 203 Å². The third-order valence-electron chi connectivity index (χ3n) is 5.19. The third-order valence-corrected chi connectivity index (χ3v) is 5.19. The Bertz CT molecular complexity index is 1160. The van der Waals surface area contributed by atoms with Gasteiger partial charge in [0.05, 0.1) is 12.7 Å². The maximum atomic E-state index is 14.6. The number of carbonyl (C=O) groups excluding carboxylic acids is 1. The number of benzene rings is 2. The molecule has 0 aliphatic carbocycles. The van der Waals surface area contributed by atoms with Gasteiger partial charge in [-0.25, -0.2) is 13.8 Å². The lowest BCUT2D eigenvalue weighted by Crippen LogP contribution is -2.25. The monoisotopic (exact) mass is 481 g/mol. The lowest BCUT2D eigenvalue weighted by Gasteiger charge is -2.28. The van der Waals surface area contributed by atoms with Crippen LogP contribution in [0.3, 0.4) is 0 Å². The zero-order valence-electron chi connectivity index (χ0n) is 20.0. The SMILES string of the molecule is C=CC(=O)Nc1ccc(N(CCCC)c2nc(Nc3cccc(OC)c3)ncc2C(C)(F)F)cc1. The van der Waals surface area contributed by atoms with Crippen LogP contribution in [0.4, 0.5) is 37.6 Å². The van der Waals surface area contributed by atoms with Crippen molar-refractivity contribution in [2.45, 2.75) is 32.6 Å². The number of alkyl halides is 2. The van der Waals surface area contributed by atoms with Gasteiger partial charge in [0.1, 0.15) is 11.6 Å². The number of ether oxygens (including phenoxy) is 1. The van der Waals surface area contributed by atoms with Gasteiger partial charge < -0.3 is 20.3 Å². The molecule has 3 rings (SSSR count). The summed E-state index contributed by atoms with van der Waals surface area (Å²) < 4.78 is 34.5. The van der Waals surface area contributed by atoms with Gasteiger partial charge in [-0.15, -0.1) is 0 Å². The molecule has 0 aliphatic heterocycles. The van der Waals surface area contributed by atoms with Crippen LogP contribution in [0.1, 0.15) is 32.3 Å². The predicted molar refractivity (Wildman–Crippen MR) is 135 cm³/mol. The summed E-state index contributed by atoms with van der Waals surface area (Å²) in [6, 6.07) is 14.1. The van der Waals surface area contributed by atoms with Crippen molar-refractivity contribution in [1.82, 2.24) is 9.97 Å². The van der Waals surface area contributed by atoms with Crippen LogP contribution in [0.25, 0.3) is 0 Å². The molecule has 1 amide bonds. The van der Waals surface area contributed by atoms with Crippen LogP contribution in [0.15, 0.2) is 67.4 Å². The minimum absolute atomic E-state index is 0.106. The van der Waals surface area contributed by atoms with E-state index in [2.05, 4.69) is 27.2 Å². The van der Waals surface area contributed by atoms with E-state index < -0.39 is 5.92 Å². The van der Waals surface area contributed by atoms with Crippen molar-refractivity contribution in [2.75, 3.05) is 29.2 Å². The van der Waals surface area contributed by atoms with E-state index in [1.54, 1.807) is 60.5 Å². The number of methoxy groups -OCH3 is 1. The molecule has 0 atom stereocenters. The average molecular weight is 482 g/mol. The zero-order chi connectivity index (χ0) is 25.4. The first kappa shape index (κ1) is 25.6. The van der Waals surface area contributed by atoms with Crippen molar-refractivity contribution in [1.29, 1.82) is 0 Å². The topological polar surface area (TPSA) is 79.4 Å². The Hall–Kier alpha value is -4.01. The maximum Gasteiger partial charge on any atom is 0.275 e. The number of hydrogen-bond acceptors (Lipinski definition) is 6. The molecule has 0 aliphatic rings. The van der Waals surface area contributed by atoms with Crippen molar-refractivity contribution in [2.24, 2.45) is 0 Å². The second-order valence-electron chi connectivity index (χ2n) is 7.92. The molecule has 1 heterocycles. The van der Waals surface area contributed by atoms with E-state index in [0.717, 1.165) is 26.0 Å². The molecule has 3 aromatic rings. The van der Waals surface area contributed by atoms with Crippen molar-refractivity contribution >= 4 is 34.7 Å². The minimum Gasteiger partial charge on any atom is -0.497 e. The Morgan fingerprint density at radius 1 is 1.20 bits per heavy atom. The molecule has 0 spiro atoms. The molecule has 0 fully saturated rings. The summed E-state index contributed by atoms with van der Waals surface area (Å²) in [5.41, 5.74) is 1.60. The van der Waals surface area contributed by atoms with Crippen LogP contribution in [0.5, 0.6) is 5.75 Å². The summed E-state index contributed by atoms with van der Waals surface area (Å²) in [5.74, 6) is -2.57. The van der Waals surface area contributed by atoms with Gasteiger partial charge in [0.15, 0.2) is 0 Å². The average Bonchev–Trinajstić information content (AvgIpc) is 2.84. The fourth-order valence-corrected chi connectivity index (χ4v) is 3.37. The number of halogens is 2. The van der Waals surface area contributed by atoms with Crippen molar-refractivity contribution in [3.05, 3.63) is 72.9 Å². The summed E-state index contributed by atoms with van der Waals surface area (Å²) >= 11 is 0. The van der Waals surface area contributed by atoms with Crippen molar-refractivity contribution in [3.63, 3.8) is 0 Å². The van der Waals surface area contributed by atoms with Gasteiger partial charge in [0.25, 0.3) is 5.92 Å². The molecule has 1 aromatic heterocycles. The Kier molecular flexibility index (Phi) is 8.35. The minimum atomic E-state index is -3.16. The van der Waals surface area contributed by atoms with E-state index >= 15 is 0 Å². The van der Waals surface area contributed by atoms with E-state index in [0.29, 0.717) is 29.4 Å². The molecule has 0 bridgehead atoms. The van der Waals surface area contributed by atoms with E-state index in [4.69, 9.17) is 4.74 Å². The molecule has 2 N–H and O–H groups in total. The number of hydrogen-bond donors (Lipinski definition) is 2. The number of carbonyl (C=O) groups is 1. The highest BCUT2D eigenvalue weighted by Gasteiger charge is 2.32. The Morgan fingerprint density at radius 2 is 1.94 bits per heavy atom. The second-order valence-corrected chi connectivity index (χ2v) is 7.92. The highest BCUT2D eigenvalue weighted by molar-refractivity contribution is 5.99. The molecular formula is C26H29F2N5O2. The molecule has 0 saturated heterocycles. The number of unbranched alkanes of at least 4 members (excludes halogenated alkanes) is 1. The van der Waals surface area contributed by atoms with Gasteiger partial charge in [-0.2, -0.15) is 4.98 Å². The lowest BCUT2D eigenvalue weighted by molar-refractivity contribution is -0.111. The molecule has 0 saturated carbocycles. The van der Waals surface area contributed by atoms with Gasteiger partial charge in [-0.05, 0) is 48.9 Å². The van der Waals surface area contributed by atoms with Gasteiger partial charge in [-0.1, -0.05) is 26.0 Å². The van der Waals surface area contributed by atoms with Crippen LogP contribution >= 0.6 is 0 Å². The molecule has 0 unspecified atom stereocenters. The first-order valence-electron chi connectivity index (χ1n) is 11.2. The summed E-state index contributed by atoms with van der Waals surface area (Å²) in [5, 5.41) is 5.75. The number of rotatable bonds is 11. The van der Waals surface area contributed by atoms with Crippen molar-refractivity contribution < 1.29 is 18.3 Å². The molecule has 184 valence electrons. The lowest BCUT2D eigenvalue weighted by atomic mass is 10.1. The summed E-state index contributed by atoms with van der Waals surface area (Å²) in [6.07, 6.45) is 3.95. The summed E-state index contributed by atoms with van der Waals surface area (Å²) in [7, 11) is 1.56. The van der Waals surface area contributed by atoms with Gasteiger partial charge in [0.2, 0.25) is 11.9 Å². The van der Waals surface area contributed by atoms with E-state index in [9.17, 15) is 13.6 Å². The number of anilines is 5. The number of nitrogens with one attached hydrogen (secondary N) is 2. The number of amides is 1. The molecule has 35 heavy (non-hydrogen) atoms. The molecule has 2 aromatic carbocycles. The van der Waals surface area contributed by atoms with E-state index in [1.165, 1.54) is 6.08 Å². The van der Waals surface area contributed by atoms with Crippen LogP contribution in [0, 0.1) is 0 Å². The van der Waals surface area contributed by atoms with Crippen LogP contribution in [-0.4, -0.2) is 29.5 Å². The number of nitrogens with zero attached hydrogens (tertiary/aromatic N) is 3. The van der Waals surface area contributed by atoms with E-state index in [1.807, 2.05) is 6.92 Å². The highest BCUT2D eigenvalue weighted by atomic mass is 19.3. The third kappa shape index (κ3) is 6.75. The molecule has 0 radical (unpaired) electrons. The second kappa shape index (κ2) is 11.4. The maximum absolute atomic E-state index is 14.6. The van der Waals surface area contributed by atoms with E-state index in [-0.39, 0.29) is 23.2 Å². The fraction of sp³-hybridized carbons (Fsp3) is 0.269. The quantitative estimate of drug-likeness (QED) is 0.308. The summed E-state index contributed by atoms with van der Waals surface area (Å²) in [4.78, 5) is 22.0. The van der Waals surface area contributed by atoms with Crippen LogP contribution in [0.2, 0.25) is 0 Å². The normalized spacial score (nSPS) is 11.0. The van der Waals surface area contributed by atoms with Gasteiger partial charge >= 0.3 is 0 Å². The van der Waals surface area contributed by atoms with Crippen molar-refractivity contribution in [3.8, 4) is 5.75 Å². The first-order valence-corrected chi connectivity index (χ1v) is 11.2. The van der Waals surface area contributed by atoms with Crippen LogP contribution in [-0.2, 0) is 10.7 Å². The van der Waals surface area contributed by atoms with Crippen LogP contribution < -0.4 is 20.3 Å². The Morgan fingerprint density at radius 3 is 2.57 bits per heavy atom. The highest BCUT2D eigenvalue weighted by Crippen LogP contribution is 2.37. The summed E-state index contributed by atoms with van der Waals surface area (Å²) in [6.45, 7) is 6.76. The van der Waals surface area contributed by atoms with Gasteiger partial charge in [0, 0.05) is 42.8 Å². The number of aromatic nitrogens is 2. The Balaban J connectivity index is 2.03. The largest absolute Gasteiger partial charge is 0.497 e. The zero-order valence-corrected chi connectivity index (χ0v) is 20.0. The van der Waals surface area contributed by atoms with Gasteiger partial charge in [-0.3, -0.25) is 4.79 Å². The smallest absolute Gasteiger partial charge is 0.275 e. The molecule has 7 nitrogen and oxygen atoms in total. The molecular weight excluding hydrogens is 452 g/mol. The predicted octanol–water partition coefficient (Wildman–Crippen LogP) is 6.40. The molecule has 9 heteroatoms.